The van der Waals surface area contributed by atoms with Crippen LogP contribution in [0.15, 0.2) is 59.5 Å². The van der Waals surface area contributed by atoms with Crippen LogP contribution in [0.25, 0.3) is 10.8 Å². The van der Waals surface area contributed by atoms with Gasteiger partial charge in [-0.3, -0.25) is 10.1 Å². The Bertz CT molecular complexity index is 902. The predicted octanol–water partition coefficient (Wildman–Crippen LogP) is 6.14. The summed E-state index contributed by atoms with van der Waals surface area (Å²) in [5, 5.41) is 13.5. The Labute approximate surface area is 146 Å². The molecule has 0 unspecified atom stereocenters. The van der Waals surface area contributed by atoms with E-state index < -0.39 is 4.92 Å². The molecule has 0 N–H and O–H groups in total. The number of benzene rings is 3. The lowest BCUT2D eigenvalue weighted by atomic mass is 10.1. The molecule has 0 heterocycles. The summed E-state index contributed by atoms with van der Waals surface area (Å²) in [5.74, 6) is -0.0146. The van der Waals surface area contributed by atoms with Crippen LogP contribution in [0.2, 0.25) is 10.0 Å². The maximum Gasteiger partial charge on any atom is 0.315 e. The number of halogens is 2. The van der Waals surface area contributed by atoms with E-state index in [-0.39, 0.29) is 21.5 Å². The largest absolute Gasteiger partial charge is 0.412 e. The van der Waals surface area contributed by atoms with Gasteiger partial charge in [-0.25, -0.2) is 0 Å². The van der Waals surface area contributed by atoms with Crippen LogP contribution in [0.1, 0.15) is 0 Å². The van der Waals surface area contributed by atoms with Crippen molar-refractivity contribution in [2.75, 3.05) is 0 Å². The minimum absolute atomic E-state index is 0.0146. The highest BCUT2D eigenvalue weighted by atomic mass is 35.5. The first-order valence-electron chi connectivity index (χ1n) is 6.51. The third-order valence-corrected chi connectivity index (χ3v) is 4.32. The Morgan fingerprint density at radius 1 is 1.00 bits per heavy atom. The number of nitrogens with zero attached hydrogens (tertiary/aromatic N) is 1. The zero-order valence-corrected chi connectivity index (χ0v) is 13.9. The van der Waals surface area contributed by atoms with Gasteiger partial charge in [0, 0.05) is 16.0 Å². The van der Waals surface area contributed by atoms with Crippen molar-refractivity contribution in [3.63, 3.8) is 0 Å². The molecule has 0 bridgehead atoms. The molecule has 0 saturated heterocycles. The number of fused-ring (bicyclic) bond motifs is 1. The van der Waals surface area contributed by atoms with Crippen LogP contribution in [0, 0.1) is 10.1 Å². The number of nitro benzene ring substituents is 1. The summed E-state index contributed by atoms with van der Waals surface area (Å²) in [5.41, 5.74) is -0.268. The summed E-state index contributed by atoms with van der Waals surface area (Å²) in [7, 11) is 0. The quantitative estimate of drug-likeness (QED) is 0.316. The molecule has 0 aromatic heterocycles. The van der Waals surface area contributed by atoms with Gasteiger partial charge in [-0.1, -0.05) is 53.5 Å². The van der Waals surface area contributed by atoms with Gasteiger partial charge in [0.1, 0.15) is 0 Å². The second-order valence-electron chi connectivity index (χ2n) is 4.67. The second kappa shape index (κ2) is 6.66. The average molecular weight is 366 g/mol. The molecule has 0 spiro atoms. The Morgan fingerprint density at radius 3 is 2.48 bits per heavy atom. The van der Waals surface area contributed by atoms with Crippen LogP contribution in [0.5, 0.6) is 5.75 Å². The van der Waals surface area contributed by atoms with Crippen molar-refractivity contribution >= 4 is 51.7 Å². The van der Waals surface area contributed by atoms with E-state index in [0.29, 0.717) is 0 Å². The van der Waals surface area contributed by atoms with E-state index in [1.54, 1.807) is 0 Å². The normalized spacial score (nSPS) is 10.7. The lowest BCUT2D eigenvalue weighted by molar-refractivity contribution is -0.385. The first-order chi connectivity index (χ1) is 11.0. The molecule has 0 radical (unpaired) electrons. The van der Waals surface area contributed by atoms with Crippen molar-refractivity contribution in [2.45, 2.75) is 4.90 Å². The van der Waals surface area contributed by atoms with E-state index in [1.165, 1.54) is 12.1 Å². The molecule has 0 fully saturated rings. The summed E-state index contributed by atoms with van der Waals surface area (Å²) in [4.78, 5) is 11.3. The van der Waals surface area contributed by atoms with E-state index >= 15 is 0 Å². The fraction of sp³-hybridized carbons (Fsp3) is 0. The van der Waals surface area contributed by atoms with Crippen molar-refractivity contribution in [3.05, 3.63) is 74.8 Å². The first-order valence-corrected chi connectivity index (χ1v) is 8.01. The molecular formula is C16H9Cl2NO3S. The van der Waals surface area contributed by atoms with Crippen LogP contribution < -0.4 is 4.18 Å². The number of nitro groups is 1. The maximum absolute atomic E-state index is 11.1. The highest BCUT2D eigenvalue weighted by Crippen LogP contribution is 2.40. The molecule has 7 heteroatoms. The van der Waals surface area contributed by atoms with E-state index in [4.69, 9.17) is 27.4 Å². The SMILES string of the molecule is O=[N+]([O-])c1cc(Cl)cc(Cl)c1OSc1ccc2ccccc2c1. The van der Waals surface area contributed by atoms with Crippen molar-refractivity contribution in [1.29, 1.82) is 0 Å². The minimum Gasteiger partial charge on any atom is -0.412 e. The molecule has 3 aromatic carbocycles. The van der Waals surface area contributed by atoms with Gasteiger partial charge in [-0.05, 0) is 29.0 Å². The monoisotopic (exact) mass is 365 g/mol. The van der Waals surface area contributed by atoms with Crippen LogP contribution in [0.3, 0.4) is 0 Å². The van der Waals surface area contributed by atoms with Crippen LogP contribution >= 0.6 is 35.2 Å². The molecule has 3 rings (SSSR count). The van der Waals surface area contributed by atoms with Gasteiger partial charge >= 0.3 is 5.69 Å². The van der Waals surface area contributed by atoms with Crippen molar-refractivity contribution in [3.8, 4) is 5.75 Å². The third kappa shape index (κ3) is 3.52. The number of hydrogen-bond donors (Lipinski definition) is 0. The molecule has 4 nitrogen and oxygen atoms in total. The Hall–Kier alpha value is -1.95. The molecule has 0 aliphatic heterocycles. The lowest BCUT2D eigenvalue weighted by Gasteiger charge is -2.08. The van der Waals surface area contributed by atoms with Crippen LogP contribution in [0.4, 0.5) is 5.69 Å². The van der Waals surface area contributed by atoms with E-state index in [0.717, 1.165) is 27.7 Å². The van der Waals surface area contributed by atoms with Gasteiger partial charge in [-0.2, -0.15) is 0 Å². The molecule has 3 aromatic rings. The van der Waals surface area contributed by atoms with Crippen LogP contribution in [-0.2, 0) is 0 Å². The topological polar surface area (TPSA) is 52.4 Å². The van der Waals surface area contributed by atoms with Gasteiger partial charge in [0.25, 0.3) is 0 Å². The summed E-state index contributed by atoms with van der Waals surface area (Å²) in [6.07, 6.45) is 0. The molecule has 23 heavy (non-hydrogen) atoms. The Morgan fingerprint density at radius 2 is 1.74 bits per heavy atom. The summed E-state index contributed by atoms with van der Waals surface area (Å²) < 4.78 is 5.50. The predicted molar refractivity (Wildman–Crippen MR) is 93.5 cm³/mol. The molecule has 0 saturated carbocycles. The number of rotatable bonds is 4. The number of hydrogen-bond acceptors (Lipinski definition) is 4. The third-order valence-electron chi connectivity index (χ3n) is 3.13. The molecule has 0 aliphatic rings. The van der Waals surface area contributed by atoms with Crippen molar-refractivity contribution < 1.29 is 9.11 Å². The van der Waals surface area contributed by atoms with Gasteiger partial charge in [0.2, 0.25) is 5.75 Å². The molecule has 0 amide bonds. The van der Waals surface area contributed by atoms with Crippen LogP contribution in [-0.4, -0.2) is 4.92 Å². The highest BCUT2D eigenvalue weighted by molar-refractivity contribution is 7.95. The van der Waals surface area contributed by atoms with Crippen molar-refractivity contribution in [2.24, 2.45) is 0 Å². The van der Waals surface area contributed by atoms with Gasteiger partial charge in [-0.15, -0.1) is 0 Å². The summed E-state index contributed by atoms with van der Waals surface area (Å²) in [6, 6.07) is 16.3. The first kappa shape index (κ1) is 15.9. The lowest BCUT2D eigenvalue weighted by Crippen LogP contribution is -1.93. The highest BCUT2D eigenvalue weighted by Gasteiger charge is 2.21. The van der Waals surface area contributed by atoms with E-state index in [1.807, 2.05) is 42.5 Å². The van der Waals surface area contributed by atoms with Crippen molar-refractivity contribution in [1.82, 2.24) is 0 Å². The van der Waals surface area contributed by atoms with E-state index in [9.17, 15) is 10.1 Å². The molecular weight excluding hydrogens is 357 g/mol. The fourth-order valence-electron chi connectivity index (χ4n) is 2.07. The van der Waals surface area contributed by atoms with E-state index in [2.05, 4.69) is 0 Å². The summed E-state index contributed by atoms with van der Waals surface area (Å²) in [6.45, 7) is 0. The second-order valence-corrected chi connectivity index (χ2v) is 6.32. The fourth-order valence-corrected chi connectivity index (χ4v) is 3.29. The Balaban J connectivity index is 1.88. The average Bonchev–Trinajstić information content (AvgIpc) is 2.53. The van der Waals surface area contributed by atoms with Gasteiger partial charge in [0.15, 0.2) is 0 Å². The van der Waals surface area contributed by atoms with Gasteiger partial charge < -0.3 is 4.18 Å². The zero-order chi connectivity index (χ0) is 16.4. The summed E-state index contributed by atoms with van der Waals surface area (Å²) >= 11 is 12.8. The molecule has 0 atom stereocenters. The smallest absolute Gasteiger partial charge is 0.315 e. The Kier molecular flexibility index (Phi) is 4.61. The molecule has 0 aliphatic carbocycles. The minimum atomic E-state index is -0.575. The maximum atomic E-state index is 11.1. The zero-order valence-electron chi connectivity index (χ0n) is 11.5. The molecule has 116 valence electrons. The van der Waals surface area contributed by atoms with Gasteiger partial charge in [0.05, 0.1) is 22.0 Å². The standard InChI is InChI=1S/C16H9Cl2NO3S/c17-12-8-14(18)16(15(9-12)19(20)21)22-23-13-6-5-10-3-1-2-4-11(10)7-13/h1-9H.